The largest absolute Gasteiger partial charge is 0.354 e. The van der Waals surface area contributed by atoms with Crippen LogP contribution in [0.15, 0.2) is 102 Å². The van der Waals surface area contributed by atoms with Crippen LogP contribution in [0.1, 0.15) is 24.5 Å². The molecule has 0 radical (unpaired) electrons. The van der Waals surface area contributed by atoms with Gasteiger partial charge in [-0.15, -0.1) is 0 Å². The van der Waals surface area contributed by atoms with Crippen LogP contribution in [0, 0.1) is 0 Å². The fraction of sp³-hybridized carbons (Fsp3) is 0.250. The molecular formula is C32H34BrN3O4S. The summed E-state index contributed by atoms with van der Waals surface area (Å²) < 4.78 is 28.3. The van der Waals surface area contributed by atoms with Crippen molar-refractivity contribution in [2.24, 2.45) is 0 Å². The average Bonchev–Trinajstić information content (AvgIpc) is 2.97. The molecule has 0 heterocycles. The molecule has 0 unspecified atom stereocenters. The van der Waals surface area contributed by atoms with Crippen molar-refractivity contribution in [1.82, 2.24) is 10.2 Å². The van der Waals surface area contributed by atoms with E-state index in [4.69, 9.17) is 0 Å². The SMILES string of the molecule is CCCNC(=O)[C@@H](Cc1ccccc1)N(Cc1ccc(Br)cc1)C(=O)CN(c1cccc2ccccc12)S(C)(=O)=O. The fourth-order valence-corrected chi connectivity index (χ4v) is 5.85. The van der Waals surface area contributed by atoms with Crippen LogP contribution < -0.4 is 9.62 Å². The molecule has 0 spiro atoms. The highest BCUT2D eigenvalue weighted by Crippen LogP contribution is 2.29. The third-order valence-corrected chi connectivity index (χ3v) is 8.46. The summed E-state index contributed by atoms with van der Waals surface area (Å²) in [6, 6.07) is 29.0. The molecule has 9 heteroatoms. The number of carbonyl (C=O) groups excluding carboxylic acids is 2. The van der Waals surface area contributed by atoms with Crippen molar-refractivity contribution in [1.29, 1.82) is 0 Å². The Hall–Kier alpha value is -3.69. The lowest BCUT2D eigenvalue weighted by Gasteiger charge is -2.33. The third kappa shape index (κ3) is 7.95. The van der Waals surface area contributed by atoms with Crippen LogP contribution in [0.3, 0.4) is 0 Å². The van der Waals surface area contributed by atoms with Crippen molar-refractivity contribution < 1.29 is 18.0 Å². The maximum atomic E-state index is 14.2. The van der Waals surface area contributed by atoms with Crippen molar-refractivity contribution >= 4 is 54.2 Å². The Labute approximate surface area is 250 Å². The molecule has 1 atom stereocenters. The monoisotopic (exact) mass is 635 g/mol. The maximum absolute atomic E-state index is 14.2. The Morgan fingerprint density at radius 2 is 1.51 bits per heavy atom. The van der Waals surface area contributed by atoms with Crippen molar-refractivity contribution in [3.63, 3.8) is 0 Å². The molecular weight excluding hydrogens is 602 g/mol. The molecule has 4 aromatic rings. The molecule has 0 saturated heterocycles. The van der Waals surface area contributed by atoms with Gasteiger partial charge in [-0.05, 0) is 41.1 Å². The predicted molar refractivity (Wildman–Crippen MR) is 168 cm³/mol. The number of rotatable bonds is 12. The number of benzene rings is 4. The zero-order chi connectivity index (χ0) is 29.4. The molecule has 0 aliphatic rings. The lowest BCUT2D eigenvalue weighted by Crippen LogP contribution is -2.53. The first-order valence-corrected chi connectivity index (χ1v) is 16.1. The second-order valence-corrected chi connectivity index (χ2v) is 12.7. The number of sulfonamides is 1. The second-order valence-electron chi connectivity index (χ2n) is 9.91. The summed E-state index contributed by atoms with van der Waals surface area (Å²) in [6.45, 7) is 2.12. The van der Waals surface area contributed by atoms with E-state index in [9.17, 15) is 18.0 Å². The number of amides is 2. The van der Waals surface area contributed by atoms with E-state index in [1.807, 2.05) is 91.9 Å². The molecule has 2 amide bonds. The lowest BCUT2D eigenvalue weighted by atomic mass is 10.0. The molecule has 0 saturated carbocycles. The fourth-order valence-electron chi connectivity index (χ4n) is 4.73. The van der Waals surface area contributed by atoms with Crippen LogP contribution in [0.5, 0.6) is 0 Å². The molecule has 214 valence electrons. The van der Waals surface area contributed by atoms with Crippen LogP contribution in [0.2, 0.25) is 0 Å². The van der Waals surface area contributed by atoms with Gasteiger partial charge in [0.15, 0.2) is 0 Å². The zero-order valence-corrected chi connectivity index (χ0v) is 25.6. The van der Waals surface area contributed by atoms with Gasteiger partial charge in [-0.2, -0.15) is 0 Å². The summed E-state index contributed by atoms with van der Waals surface area (Å²) in [4.78, 5) is 29.3. The number of hydrogen-bond donors (Lipinski definition) is 1. The van der Waals surface area contributed by atoms with E-state index >= 15 is 0 Å². The Kier molecular flexibility index (Phi) is 10.2. The van der Waals surface area contributed by atoms with Gasteiger partial charge in [0.1, 0.15) is 12.6 Å². The molecule has 41 heavy (non-hydrogen) atoms. The summed E-state index contributed by atoms with van der Waals surface area (Å²) in [5.41, 5.74) is 2.13. The van der Waals surface area contributed by atoms with Crippen LogP contribution in [0.25, 0.3) is 10.8 Å². The minimum atomic E-state index is -3.86. The molecule has 0 fully saturated rings. The summed E-state index contributed by atoms with van der Waals surface area (Å²) in [5, 5.41) is 4.53. The van der Waals surface area contributed by atoms with Crippen molar-refractivity contribution in [3.8, 4) is 0 Å². The molecule has 0 aliphatic carbocycles. The standard InChI is InChI=1S/C32H34BrN3O4S/c1-3-20-34-32(38)30(21-24-10-5-4-6-11-24)35(22-25-16-18-27(33)19-17-25)31(37)23-36(41(2,39)40)29-15-9-13-26-12-7-8-14-28(26)29/h4-19,30H,3,20-23H2,1-2H3,(H,34,38)/t30-/m1/s1. The van der Waals surface area contributed by atoms with Gasteiger partial charge >= 0.3 is 0 Å². The van der Waals surface area contributed by atoms with Crippen molar-refractivity contribution in [3.05, 3.63) is 113 Å². The molecule has 0 aliphatic heterocycles. The van der Waals surface area contributed by atoms with Crippen molar-refractivity contribution in [2.75, 3.05) is 23.7 Å². The quantitative estimate of drug-likeness (QED) is 0.222. The number of hydrogen-bond acceptors (Lipinski definition) is 4. The van der Waals surface area contributed by atoms with E-state index < -0.39 is 28.5 Å². The van der Waals surface area contributed by atoms with Crippen LogP contribution in [0.4, 0.5) is 5.69 Å². The van der Waals surface area contributed by atoms with E-state index in [0.717, 1.165) is 38.0 Å². The second kappa shape index (κ2) is 13.8. The number of halogens is 1. The molecule has 1 N–H and O–H groups in total. The number of nitrogens with zero attached hydrogens (tertiary/aromatic N) is 2. The minimum absolute atomic E-state index is 0.135. The van der Waals surface area contributed by atoms with Gasteiger partial charge < -0.3 is 10.2 Å². The highest BCUT2D eigenvalue weighted by molar-refractivity contribution is 9.10. The number of anilines is 1. The van der Waals surface area contributed by atoms with Gasteiger partial charge in [0.2, 0.25) is 21.8 Å². The highest BCUT2D eigenvalue weighted by atomic mass is 79.9. The van der Waals surface area contributed by atoms with E-state index in [-0.39, 0.29) is 18.9 Å². The Morgan fingerprint density at radius 3 is 2.20 bits per heavy atom. The summed E-state index contributed by atoms with van der Waals surface area (Å²) in [7, 11) is -3.86. The summed E-state index contributed by atoms with van der Waals surface area (Å²) >= 11 is 3.45. The Bertz CT molecular complexity index is 1590. The first-order valence-electron chi connectivity index (χ1n) is 13.5. The minimum Gasteiger partial charge on any atom is -0.354 e. The van der Waals surface area contributed by atoms with Gasteiger partial charge in [-0.1, -0.05) is 102 Å². The normalized spacial score (nSPS) is 12.1. The van der Waals surface area contributed by atoms with Gasteiger partial charge in [-0.25, -0.2) is 8.42 Å². The van der Waals surface area contributed by atoms with E-state index in [1.54, 1.807) is 12.1 Å². The number of fused-ring (bicyclic) bond motifs is 1. The van der Waals surface area contributed by atoms with Crippen LogP contribution in [-0.2, 0) is 32.6 Å². The van der Waals surface area contributed by atoms with Crippen molar-refractivity contribution in [2.45, 2.75) is 32.4 Å². The van der Waals surface area contributed by atoms with Crippen LogP contribution in [-0.4, -0.2) is 50.5 Å². The Morgan fingerprint density at radius 1 is 0.854 bits per heavy atom. The summed E-state index contributed by atoms with van der Waals surface area (Å²) in [6.07, 6.45) is 2.12. The van der Waals surface area contributed by atoms with Gasteiger partial charge in [0.25, 0.3) is 0 Å². The van der Waals surface area contributed by atoms with Gasteiger partial charge in [-0.3, -0.25) is 13.9 Å². The van der Waals surface area contributed by atoms with E-state index in [1.165, 1.54) is 4.90 Å². The Balaban J connectivity index is 1.76. The molecule has 0 aromatic heterocycles. The van der Waals surface area contributed by atoms with E-state index in [0.29, 0.717) is 17.6 Å². The molecule has 4 aromatic carbocycles. The molecule has 4 rings (SSSR count). The average molecular weight is 637 g/mol. The van der Waals surface area contributed by atoms with Crippen LogP contribution >= 0.6 is 15.9 Å². The highest BCUT2D eigenvalue weighted by Gasteiger charge is 2.33. The van der Waals surface area contributed by atoms with Gasteiger partial charge in [0.05, 0.1) is 11.9 Å². The maximum Gasteiger partial charge on any atom is 0.244 e. The number of carbonyl (C=O) groups is 2. The first kappa shape index (κ1) is 30.3. The third-order valence-electron chi connectivity index (χ3n) is 6.80. The lowest BCUT2D eigenvalue weighted by molar-refractivity contribution is -0.140. The van der Waals surface area contributed by atoms with E-state index in [2.05, 4.69) is 21.2 Å². The molecule has 0 bridgehead atoms. The number of nitrogens with one attached hydrogen (secondary N) is 1. The summed E-state index contributed by atoms with van der Waals surface area (Å²) in [5.74, 6) is -0.754. The van der Waals surface area contributed by atoms with Gasteiger partial charge in [0, 0.05) is 29.4 Å². The predicted octanol–water partition coefficient (Wildman–Crippen LogP) is 5.53. The smallest absolute Gasteiger partial charge is 0.244 e. The molecule has 7 nitrogen and oxygen atoms in total. The zero-order valence-electron chi connectivity index (χ0n) is 23.2. The topological polar surface area (TPSA) is 86.8 Å². The first-order chi connectivity index (χ1) is 19.7.